The van der Waals surface area contributed by atoms with Crippen LogP contribution in [0.15, 0.2) is 63.8 Å². The molecule has 9 nitrogen and oxygen atoms in total. The molecule has 178 valence electrons. The molecular formula is C22H23N5O4S3. The van der Waals surface area contributed by atoms with Gasteiger partial charge in [-0.15, -0.1) is 10.2 Å². The van der Waals surface area contributed by atoms with Crippen molar-refractivity contribution in [2.45, 2.75) is 28.6 Å². The molecule has 2 N–H and O–H groups in total. The maximum absolute atomic E-state index is 12.6. The van der Waals surface area contributed by atoms with E-state index in [2.05, 4.69) is 20.8 Å². The molecule has 3 aromatic rings. The van der Waals surface area contributed by atoms with Gasteiger partial charge in [0.15, 0.2) is 4.34 Å². The Morgan fingerprint density at radius 2 is 1.71 bits per heavy atom. The van der Waals surface area contributed by atoms with Gasteiger partial charge < -0.3 is 5.32 Å². The third-order valence-corrected chi connectivity index (χ3v) is 8.99. The van der Waals surface area contributed by atoms with E-state index in [4.69, 9.17) is 0 Å². The Bertz CT molecular complexity index is 1240. The first-order valence-electron chi connectivity index (χ1n) is 10.6. The van der Waals surface area contributed by atoms with Gasteiger partial charge in [0.25, 0.3) is 5.91 Å². The zero-order chi connectivity index (χ0) is 24.0. The zero-order valence-corrected chi connectivity index (χ0v) is 20.6. The van der Waals surface area contributed by atoms with Crippen LogP contribution in [0.3, 0.4) is 0 Å². The third-order valence-electron chi connectivity index (χ3n) is 5.11. The van der Waals surface area contributed by atoms with Gasteiger partial charge in [-0.2, -0.15) is 4.31 Å². The van der Waals surface area contributed by atoms with E-state index in [-0.39, 0.29) is 16.6 Å². The van der Waals surface area contributed by atoms with Crippen molar-refractivity contribution in [1.82, 2.24) is 19.8 Å². The lowest BCUT2D eigenvalue weighted by Crippen LogP contribution is -2.27. The average Bonchev–Trinajstić information content (AvgIpc) is 3.55. The first kappa shape index (κ1) is 24.3. The molecule has 0 atom stereocenters. The summed E-state index contributed by atoms with van der Waals surface area (Å²) in [6.07, 6.45) is 1.72. The minimum Gasteiger partial charge on any atom is -0.351 e. The van der Waals surface area contributed by atoms with Crippen molar-refractivity contribution >= 4 is 50.1 Å². The highest BCUT2D eigenvalue weighted by molar-refractivity contribution is 8.01. The van der Waals surface area contributed by atoms with Crippen LogP contribution in [-0.4, -0.2) is 53.6 Å². The van der Waals surface area contributed by atoms with Crippen molar-refractivity contribution in [1.29, 1.82) is 0 Å². The molecule has 1 aromatic heterocycles. The van der Waals surface area contributed by atoms with Gasteiger partial charge in [-0.1, -0.05) is 53.4 Å². The predicted molar refractivity (Wildman–Crippen MR) is 131 cm³/mol. The number of hydrogen-bond acceptors (Lipinski definition) is 8. The summed E-state index contributed by atoms with van der Waals surface area (Å²) in [5.41, 5.74) is 1.33. The van der Waals surface area contributed by atoms with Gasteiger partial charge in [-0.25, -0.2) is 8.42 Å². The van der Waals surface area contributed by atoms with Crippen molar-refractivity contribution < 1.29 is 18.0 Å². The second-order valence-corrected chi connectivity index (χ2v) is 11.7. The molecule has 0 saturated carbocycles. The van der Waals surface area contributed by atoms with Gasteiger partial charge in [-0.3, -0.25) is 14.9 Å². The van der Waals surface area contributed by atoms with E-state index >= 15 is 0 Å². The fourth-order valence-electron chi connectivity index (χ4n) is 3.32. The minimum absolute atomic E-state index is 0.126. The third kappa shape index (κ3) is 6.20. The minimum atomic E-state index is -3.52. The maximum atomic E-state index is 12.6. The van der Waals surface area contributed by atoms with E-state index in [9.17, 15) is 18.0 Å². The van der Waals surface area contributed by atoms with E-state index in [0.29, 0.717) is 34.7 Å². The Labute approximate surface area is 206 Å². The van der Waals surface area contributed by atoms with Crippen LogP contribution in [0.4, 0.5) is 5.13 Å². The molecule has 1 aliphatic rings. The van der Waals surface area contributed by atoms with Gasteiger partial charge >= 0.3 is 0 Å². The lowest BCUT2D eigenvalue weighted by Gasteiger charge is -2.15. The number of aromatic nitrogens is 2. The SMILES string of the molecule is O=C(CSc1nnc(NC(=O)c2ccc(S(=O)(=O)N3CCCC3)cc2)s1)NCc1ccccc1. The summed E-state index contributed by atoms with van der Waals surface area (Å²) in [5.74, 6) is -0.362. The summed E-state index contributed by atoms with van der Waals surface area (Å²) >= 11 is 2.40. The van der Waals surface area contributed by atoms with Gasteiger partial charge in [0.2, 0.25) is 21.1 Å². The van der Waals surface area contributed by atoms with E-state index < -0.39 is 15.9 Å². The summed E-state index contributed by atoms with van der Waals surface area (Å²) < 4.78 is 27.2. The van der Waals surface area contributed by atoms with Crippen molar-refractivity contribution in [3.63, 3.8) is 0 Å². The topological polar surface area (TPSA) is 121 Å². The van der Waals surface area contributed by atoms with Gasteiger partial charge in [-0.05, 0) is 42.7 Å². The molecule has 0 aliphatic carbocycles. The molecule has 1 aliphatic heterocycles. The largest absolute Gasteiger partial charge is 0.351 e. The number of amides is 2. The summed E-state index contributed by atoms with van der Waals surface area (Å²) in [4.78, 5) is 24.7. The van der Waals surface area contributed by atoms with Crippen LogP contribution in [0, 0.1) is 0 Å². The average molecular weight is 518 g/mol. The maximum Gasteiger partial charge on any atom is 0.257 e. The number of benzene rings is 2. The van der Waals surface area contributed by atoms with Crippen LogP contribution >= 0.6 is 23.1 Å². The van der Waals surface area contributed by atoms with E-state index in [0.717, 1.165) is 29.7 Å². The molecule has 1 saturated heterocycles. The molecule has 34 heavy (non-hydrogen) atoms. The summed E-state index contributed by atoms with van der Waals surface area (Å²) in [5, 5.41) is 13.7. The number of carbonyl (C=O) groups is 2. The molecule has 0 radical (unpaired) electrons. The van der Waals surface area contributed by atoms with Crippen molar-refractivity contribution in [2.24, 2.45) is 0 Å². The summed E-state index contributed by atoms with van der Waals surface area (Å²) in [7, 11) is -3.52. The number of nitrogens with one attached hydrogen (secondary N) is 2. The van der Waals surface area contributed by atoms with E-state index in [1.807, 2.05) is 30.3 Å². The van der Waals surface area contributed by atoms with Crippen molar-refractivity contribution in [2.75, 3.05) is 24.2 Å². The zero-order valence-electron chi connectivity index (χ0n) is 18.1. The molecule has 1 fully saturated rings. The van der Waals surface area contributed by atoms with Gasteiger partial charge in [0.1, 0.15) is 0 Å². The van der Waals surface area contributed by atoms with Crippen LogP contribution in [0.2, 0.25) is 0 Å². The van der Waals surface area contributed by atoms with Crippen molar-refractivity contribution in [3.05, 3.63) is 65.7 Å². The Hall–Kier alpha value is -2.80. The van der Waals surface area contributed by atoms with E-state index in [1.165, 1.54) is 40.3 Å². The molecule has 2 heterocycles. The Morgan fingerprint density at radius 3 is 2.41 bits per heavy atom. The fourth-order valence-corrected chi connectivity index (χ4v) is 6.41. The van der Waals surface area contributed by atoms with Crippen LogP contribution in [-0.2, 0) is 21.4 Å². The van der Waals surface area contributed by atoms with E-state index in [1.54, 1.807) is 0 Å². The second kappa shape index (κ2) is 11.1. The highest BCUT2D eigenvalue weighted by Gasteiger charge is 2.27. The number of rotatable bonds is 9. The first-order chi connectivity index (χ1) is 16.4. The number of sulfonamides is 1. The second-order valence-electron chi connectivity index (χ2n) is 7.51. The summed E-state index contributed by atoms with van der Waals surface area (Å²) in [6.45, 7) is 1.50. The van der Waals surface area contributed by atoms with Gasteiger partial charge in [0, 0.05) is 25.2 Å². The van der Waals surface area contributed by atoms with Gasteiger partial charge in [0.05, 0.1) is 10.6 Å². The lowest BCUT2D eigenvalue weighted by atomic mass is 10.2. The molecule has 0 bridgehead atoms. The first-order valence-corrected chi connectivity index (χ1v) is 13.8. The number of hydrogen-bond donors (Lipinski definition) is 2. The molecule has 2 amide bonds. The summed E-state index contributed by atoms with van der Waals surface area (Å²) in [6, 6.07) is 15.5. The lowest BCUT2D eigenvalue weighted by molar-refractivity contribution is -0.118. The smallest absolute Gasteiger partial charge is 0.257 e. The predicted octanol–water partition coefficient (Wildman–Crippen LogP) is 2.98. The van der Waals surface area contributed by atoms with Crippen LogP contribution in [0.25, 0.3) is 0 Å². The highest BCUT2D eigenvalue weighted by atomic mass is 32.2. The number of carbonyl (C=O) groups excluding carboxylic acids is 2. The highest BCUT2D eigenvalue weighted by Crippen LogP contribution is 2.26. The van der Waals surface area contributed by atoms with Crippen LogP contribution in [0.1, 0.15) is 28.8 Å². The molecular weight excluding hydrogens is 494 g/mol. The Balaban J connectivity index is 1.27. The standard InChI is InChI=1S/C22H23N5O4S3/c28-19(23-14-16-6-2-1-3-7-16)15-32-22-26-25-21(33-22)24-20(29)17-8-10-18(11-9-17)34(30,31)27-12-4-5-13-27/h1-3,6-11H,4-5,12-15H2,(H,23,28)(H,24,25,29). The van der Waals surface area contributed by atoms with Crippen LogP contribution < -0.4 is 10.6 Å². The van der Waals surface area contributed by atoms with Crippen molar-refractivity contribution in [3.8, 4) is 0 Å². The fraction of sp³-hybridized carbons (Fsp3) is 0.273. The number of thioether (sulfide) groups is 1. The Kier molecular flexibility index (Phi) is 7.93. The number of nitrogens with zero attached hydrogens (tertiary/aromatic N) is 3. The molecule has 4 rings (SSSR count). The van der Waals surface area contributed by atoms with Crippen LogP contribution in [0.5, 0.6) is 0 Å². The molecule has 0 unspecified atom stereocenters. The Morgan fingerprint density at radius 1 is 1.00 bits per heavy atom. The molecule has 0 spiro atoms. The molecule has 2 aromatic carbocycles. The monoisotopic (exact) mass is 517 g/mol. The number of anilines is 1. The quantitative estimate of drug-likeness (QED) is 0.331. The molecule has 12 heteroatoms. The normalized spacial score (nSPS) is 14.1.